The van der Waals surface area contributed by atoms with Gasteiger partial charge in [-0.05, 0) is 49.0 Å². The van der Waals surface area contributed by atoms with E-state index in [0.717, 1.165) is 12.8 Å². The van der Waals surface area contributed by atoms with Crippen molar-refractivity contribution < 1.29 is 14.6 Å². The molecule has 0 radical (unpaired) electrons. The van der Waals surface area contributed by atoms with E-state index < -0.39 is 11.6 Å². The number of carboxylic acid groups (broad SMARTS) is 1. The molecule has 1 heterocycles. The van der Waals surface area contributed by atoms with Crippen molar-refractivity contribution in [1.82, 2.24) is 0 Å². The van der Waals surface area contributed by atoms with Gasteiger partial charge in [0.25, 0.3) is 0 Å². The van der Waals surface area contributed by atoms with Crippen LogP contribution in [0.4, 0.5) is 0 Å². The van der Waals surface area contributed by atoms with Crippen LogP contribution in [0.5, 0.6) is 0 Å². The minimum absolute atomic E-state index is 0.408. The maximum Gasteiger partial charge on any atom is 0.334 e. The van der Waals surface area contributed by atoms with Gasteiger partial charge in [-0.1, -0.05) is 20.3 Å². The fourth-order valence-electron chi connectivity index (χ4n) is 4.78. The van der Waals surface area contributed by atoms with Gasteiger partial charge in [-0.2, -0.15) is 0 Å². The Bertz CT molecular complexity index is 401. The topological polar surface area (TPSA) is 46.5 Å². The second-order valence-electron chi connectivity index (χ2n) is 6.38. The van der Waals surface area contributed by atoms with E-state index in [1.54, 1.807) is 6.08 Å². The lowest BCUT2D eigenvalue weighted by Gasteiger charge is -2.47. The molecule has 0 amide bonds. The van der Waals surface area contributed by atoms with Crippen molar-refractivity contribution >= 4 is 5.97 Å². The Morgan fingerprint density at radius 3 is 2.83 bits per heavy atom. The Morgan fingerprint density at radius 1 is 1.33 bits per heavy atom. The summed E-state index contributed by atoms with van der Waals surface area (Å²) in [4.78, 5) is 11.5. The fourth-order valence-corrected chi connectivity index (χ4v) is 4.78. The standard InChI is InChI=1S/C15H22O3/c1-9-5-7-15(12(14(16)17)6-8-18-15)13-10(2)3-4-11(9)13/h6,9-11,13H,3-5,7-8H2,1-2H3,(H,16,17). The quantitative estimate of drug-likeness (QED) is 0.778. The van der Waals surface area contributed by atoms with E-state index in [0.29, 0.717) is 35.9 Å². The molecule has 0 aromatic heterocycles. The van der Waals surface area contributed by atoms with Crippen molar-refractivity contribution in [2.24, 2.45) is 23.7 Å². The first kappa shape index (κ1) is 12.2. The van der Waals surface area contributed by atoms with Crippen LogP contribution in [0.2, 0.25) is 0 Å². The number of hydrogen-bond acceptors (Lipinski definition) is 2. The minimum atomic E-state index is -0.778. The van der Waals surface area contributed by atoms with Gasteiger partial charge in [0, 0.05) is 0 Å². The minimum Gasteiger partial charge on any atom is -0.478 e. The molecule has 3 nitrogen and oxygen atoms in total. The second kappa shape index (κ2) is 4.09. The van der Waals surface area contributed by atoms with Gasteiger partial charge in [0.2, 0.25) is 0 Å². The van der Waals surface area contributed by atoms with E-state index in [2.05, 4.69) is 13.8 Å². The monoisotopic (exact) mass is 250 g/mol. The Morgan fingerprint density at radius 2 is 2.11 bits per heavy atom. The average Bonchev–Trinajstić information content (AvgIpc) is 2.90. The number of aliphatic carboxylic acids is 1. The van der Waals surface area contributed by atoms with Crippen LogP contribution in [0, 0.1) is 23.7 Å². The van der Waals surface area contributed by atoms with Gasteiger partial charge in [0.1, 0.15) is 5.60 Å². The van der Waals surface area contributed by atoms with Crippen LogP contribution in [0.15, 0.2) is 11.6 Å². The van der Waals surface area contributed by atoms with Gasteiger partial charge in [-0.3, -0.25) is 0 Å². The van der Waals surface area contributed by atoms with Gasteiger partial charge in [-0.15, -0.1) is 0 Å². The molecule has 0 aromatic rings. The van der Waals surface area contributed by atoms with Crippen LogP contribution in [0.25, 0.3) is 0 Å². The van der Waals surface area contributed by atoms with Crippen molar-refractivity contribution in [2.75, 3.05) is 6.61 Å². The highest BCUT2D eigenvalue weighted by molar-refractivity contribution is 5.89. The van der Waals surface area contributed by atoms with Gasteiger partial charge >= 0.3 is 5.97 Å². The summed E-state index contributed by atoms with van der Waals surface area (Å²) in [6.45, 7) is 5.07. The van der Waals surface area contributed by atoms with Crippen molar-refractivity contribution in [3.8, 4) is 0 Å². The van der Waals surface area contributed by atoms with Crippen LogP contribution in [-0.4, -0.2) is 23.3 Å². The smallest absolute Gasteiger partial charge is 0.334 e. The number of ether oxygens (including phenoxy) is 1. The van der Waals surface area contributed by atoms with E-state index in [1.165, 1.54) is 12.8 Å². The second-order valence-corrected chi connectivity index (χ2v) is 6.38. The number of carbonyl (C=O) groups is 1. The zero-order valence-corrected chi connectivity index (χ0v) is 11.2. The first-order valence-electron chi connectivity index (χ1n) is 7.14. The molecule has 1 spiro atoms. The summed E-state index contributed by atoms with van der Waals surface area (Å²) in [5.74, 6) is 1.57. The third-order valence-electron chi connectivity index (χ3n) is 5.58. The summed E-state index contributed by atoms with van der Waals surface area (Å²) >= 11 is 0. The third-order valence-corrected chi connectivity index (χ3v) is 5.58. The Balaban J connectivity index is 2.01. The summed E-state index contributed by atoms with van der Waals surface area (Å²) in [5.41, 5.74) is 0.0667. The third kappa shape index (κ3) is 1.49. The van der Waals surface area contributed by atoms with Crippen LogP contribution in [0.3, 0.4) is 0 Å². The van der Waals surface area contributed by atoms with Crippen LogP contribution < -0.4 is 0 Å². The molecule has 18 heavy (non-hydrogen) atoms. The van der Waals surface area contributed by atoms with Gasteiger partial charge in [0.05, 0.1) is 12.2 Å². The molecule has 0 aromatic carbocycles. The number of rotatable bonds is 1. The molecule has 3 heteroatoms. The fraction of sp³-hybridized carbons (Fsp3) is 0.800. The number of carboxylic acids is 1. The van der Waals surface area contributed by atoms with Crippen LogP contribution in [-0.2, 0) is 9.53 Å². The predicted molar refractivity (Wildman–Crippen MR) is 68.2 cm³/mol. The SMILES string of the molecule is CC1CCC2(OCC=C2C(=O)O)C2C(C)CCC12. The Hall–Kier alpha value is -0.830. The number of hydrogen-bond donors (Lipinski definition) is 1. The summed E-state index contributed by atoms with van der Waals surface area (Å²) in [7, 11) is 0. The van der Waals surface area contributed by atoms with Crippen molar-refractivity contribution in [1.29, 1.82) is 0 Å². The molecule has 2 saturated carbocycles. The summed E-state index contributed by atoms with van der Waals surface area (Å²) in [6.07, 6.45) is 6.24. The lowest BCUT2D eigenvalue weighted by Crippen LogP contribution is -2.50. The summed E-state index contributed by atoms with van der Waals surface area (Å²) < 4.78 is 6.01. The Kier molecular flexibility index (Phi) is 2.77. The molecular weight excluding hydrogens is 228 g/mol. The van der Waals surface area contributed by atoms with E-state index in [1.807, 2.05) is 0 Å². The zero-order valence-electron chi connectivity index (χ0n) is 11.2. The van der Waals surface area contributed by atoms with Crippen LogP contribution >= 0.6 is 0 Å². The molecule has 0 bridgehead atoms. The van der Waals surface area contributed by atoms with Crippen molar-refractivity contribution in [3.05, 3.63) is 11.6 Å². The molecular formula is C15H22O3. The number of fused-ring (bicyclic) bond motifs is 2. The van der Waals surface area contributed by atoms with E-state index in [9.17, 15) is 9.90 Å². The maximum atomic E-state index is 11.5. The largest absolute Gasteiger partial charge is 0.478 e. The molecule has 5 unspecified atom stereocenters. The van der Waals surface area contributed by atoms with Crippen LogP contribution in [0.1, 0.15) is 39.5 Å². The molecule has 1 aliphatic heterocycles. The molecule has 1 N–H and O–H groups in total. The molecule has 5 atom stereocenters. The highest BCUT2D eigenvalue weighted by atomic mass is 16.5. The average molecular weight is 250 g/mol. The summed E-state index contributed by atoms with van der Waals surface area (Å²) in [5, 5.41) is 9.45. The molecule has 3 rings (SSSR count). The summed E-state index contributed by atoms with van der Waals surface area (Å²) in [6, 6.07) is 0. The zero-order chi connectivity index (χ0) is 12.9. The van der Waals surface area contributed by atoms with E-state index in [-0.39, 0.29) is 0 Å². The highest BCUT2D eigenvalue weighted by Crippen LogP contribution is 2.57. The van der Waals surface area contributed by atoms with E-state index in [4.69, 9.17) is 4.74 Å². The first-order valence-corrected chi connectivity index (χ1v) is 7.14. The highest BCUT2D eigenvalue weighted by Gasteiger charge is 2.58. The lowest BCUT2D eigenvalue weighted by molar-refractivity contribution is -0.141. The van der Waals surface area contributed by atoms with E-state index >= 15 is 0 Å². The van der Waals surface area contributed by atoms with Crippen molar-refractivity contribution in [2.45, 2.75) is 45.1 Å². The molecule has 2 fully saturated rings. The Labute approximate surface area is 108 Å². The maximum absolute atomic E-state index is 11.5. The molecule has 2 aliphatic carbocycles. The predicted octanol–water partition coefficient (Wildman–Crippen LogP) is 2.86. The van der Waals surface area contributed by atoms with Gasteiger partial charge in [-0.25, -0.2) is 4.79 Å². The lowest BCUT2D eigenvalue weighted by atomic mass is 9.62. The normalized spacial score (nSPS) is 47.1. The molecule has 100 valence electrons. The van der Waals surface area contributed by atoms with Gasteiger partial charge < -0.3 is 9.84 Å². The first-order chi connectivity index (χ1) is 8.56. The molecule has 0 saturated heterocycles. The van der Waals surface area contributed by atoms with Gasteiger partial charge in [0.15, 0.2) is 0 Å². The van der Waals surface area contributed by atoms with Crippen molar-refractivity contribution in [3.63, 3.8) is 0 Å². The molecule has 3 aliphatic rings.